The van der Waals surface area contributed by atoms with Crippen LogP contribution in [0.5, 0.6) is 11.5 Å². The minimum absolute atomic E-state index is 0.259. The average molecular weight is 267 g/mol. The fraction of sp³-hybridized carbons (Fsp3) is 0.600. The van der Waals surface area contributed by atoms with Crippen molar-refractivity contribution in [3.05, 3.63) is 24.3 Å². The molecule has 108 valence electrons. The van der Waals surface area contributed by atoms with Gasteiger partial charge < -0.3 is 19.9 Å². The highest BCUT2D eigenvalue weighted by Gasteiger charge is 2.07. The first-order chi connectivity index (χ1) is 9.13. The molecule has 2 N–H and O–H groups in total. The standard InChI is InChI=1S/C15H25NO3/c1-12(2)8-9-16-10-13(17)11-19-15-7-5-4-6-14(15)18-3/h4-7,12-13,16-17H,8-11H2,1-3H3. The smallest absolute Gasteiger partial charge is 0.161 e. The Labute approximate surface area is 115 Å². The Morgan fingerprint density at radius 2 is 1.89 bits per heavy atom. The van der Waals surface area contributed by atoms with Gasteiger partial charge in [0, 0.05) is 6.54 Å². The normalized spacial score (nSPS) is 12.5. The third kappa shape index (κ3) is 6.45. The van der Waals surface area contributed by atoms with Gasteiger partial charge in [0.1, 0.15) is 12.7 Å². The second kappa shape index (κ2) is 8.77. The number of methoxy groups -OCH3 is 1. The third-order valence-electron chi connectivity index (χ3n) is 2.78. The summed E-state index contributed by atoms with van der Waals surface area (Å²) in [5.74, 6) is 2.02. The molecule has 0 saturated heterocycles. The number of hydrogen-bond donors (Lipinski definition) is 2. The van der Waals surface area contributed by atoms with Crippen molar-refractivity contribution in [3.8, 4) is 11.5 Å². The molecule has 0 heterocycles. The summed E-state index contributed by atoms with van der Waals surface area (Å²) in [6, 6.07) is 7.43. The number of aliphatic hydroxyl groups is 1. The van der Waals surface area contributed by atoms with E-state index in [1.165, 1.54) is 0 Å². The third-order valence-corrected chi connectivity index (χ3v) is 2.78. The topological polar surface area (TPSA) is 50.7 Å². The Balaban J connectivity index is 2.24. The second-order valence-corrected chi connectivity index (χ2v) is 5.00. The van der Waals surface area contributed by atoms with Crippen LogP contribution in [-0.4, -0.2) is 38.0 Å². The molecule has 4 nitrogen and oxygen atoms in total. The minimum atomic E-state index is -0.517. The van der Waals surface area contributed by atoms with Gasteiger partial charge in [0.05, 0.1) is 7.11 Å². The fourth-order valence-corrected chi connectivity index (χ4v) is 1.64. The fourth-order valence-electron chi connectivity index (χ4n) is 1.64. The van der Waals surface area contributed by atoms with Crippen molar-refractivity contribution in [2.45, 2.75) is 26.4 Å². The maximum Gasteiger partial charge on any atom is 0.161 e. The number of aliphatic hydroxyl groups excluding tert-OH is 1. The van der Waals surface area contributed by atoms with E-state index in [1.54, 1.807) is 7.11 Å². The van der Waals surface area contributed by atoms with E-state index in [-0.39, 0.29) is 6.61 Å². The number of hydrogen-bond acceptors (Lipinski definition) is 4. The highest BCUT2D eigenvalue weighted by molar-refractivity contribution is 5.39. The monoisotopic (exact) mass is 267 g/mol. The molecule has 1 unspecified atom stereocenters. The predicted octanol–water partition coefficient (Wildman–Crippen LogP) is 2.07. The zero-order valence-electron chi connectivity index (χ0n) is 12.1. The van der Waals surface area contributed by atoms with Crippen LogP contribution in [0.2, 0.25) is 0 Å². The SMILES string of the molecule is COc1ccccc1OCC(O)CNCCC(C)C. The van der Waals surface area contributed by atoms with Crippen LogP contribution < -0.4 is 14.8 Å². The van der Waals surface area contributed by atoms with Crippen LogP contribution in [-0.2, 0) is 0 Å². The summed E-state index contributed by atoms with van der Waals surface area (Å²) < 4.78 is 10.7. The number of nitrogens with one attached hydrogen (secondary N) is 1. The molecule has 4 heteroatoms. The van der Waals surface area contributed by atoms with Gasteiger partial charge in [-0.2, -0.15) is 0 Å². The van der Waals surface area contributed by atoms with Gasteiger partial charge in [-0.25, -0.2) is 0 Å². The number of ether oxygens (including phenoxy) is 2. The van der Waals surface area contributed by atoms with E-state index < -0.39 is 6.10 Å². The molecular weight excluding hydrogens is 242 g/mol. The molecule has 0 bridgehead atoms. The average Bonchev–Trinajstić information content (AvgIpc) is 2.41. The van der Waals surface area contributed by atoms with Crippen molar-refractivity contribution >= 4 is 0 Å². The predicted molar refractivity (Wildman–Crippen MR) is 76.8 cm³/mol. The van der Waals surface area contributed by atoms with Crippen LogP contribution in [0.1, 0.15) is 20.3 Å². The van der Waals surface area contributed by atoms with E-state index in [2.05, 4.69) is 19.2 Å². The Hall–Kier alpha value is -1.26. The molecule has 0 aliphatic heterocycles. The first-order valence-electron chi connectivity index (χ1n) is 6.78. The maximum absolute atomic E-state index is 9.81. The maximum atomic E-state index is 9.81. The number of benzene rings is 1. The van der Waals surface area contributed by atoms with E-state index in [4.69, 9.17) is 9.47 Å². The Kier molecular flexibility index (Phi) is 7.30. The Morgan fingerprint density at radius 3 is 2.53 bits per heavy atom. The molecule has 0 aliphatic carbocycles. The molecule has 19 heavy (non-hydrogen) atoms. The molecule has 1 rings (SSSR count). The molecule has 1 atom stereocenters. The van der Waals surface area contributed by atoms with Crippen molar-refractivity contribution in [1.82, 2.24) is 5.32 Å². The van der Waals surface area contributed by atoms with Crippen molar-refractivity contribution in [1.29, 1.82) is 0 Å². The molecule has 0 aliphatic rings. The van der Waals surface area contributed by atoms with Gasteiger partial charge in [0.15, 0.2) is 11.5 Å². The highest BCUT2D eigenvalue weighted by Crippen LogP contribution is 2.25. The van der Waals surface area contributed by atoms with Crippen LogP contribution in [0.4, 0.5) is 0 Å². The zero-order chi connectivity index (χ0) is 14.1. The number of rotatable bonds is 9. The quantitative estimate of drug-likeness (QED) is 0.673. The van der Waals surface area contributed by atoms with Crippen LogP contribution >= 0.6 is 0 Å². The zero-order valence-corrected chi connectivity index (χ0v) is 12.1. The molecule has 0 amide bonds. The molecular formula is C15H25NO3. The molecule has 1 aromatic carbocycles. The summed E-state index contributed by atoms with van der Waals surface area (Å²) in [4.78, 5) is 0. The summed E-state index contributed by atoms with van der Waals surface area (Å²) in [6.45, 7) is 6.09. The van der Waals surface area contributed by atoms with Crippen LogP contribution in [0.25, 0.3) is 0 Å². The summed E-state index contributed by atoms with van der Waals surface area (Å²) >= 11 is 0. The van der Waals surface area contributed by atoms with Crippen molar-refractivity contribution < 1.29 is 14.6 Å². The van der Waals surface area contributed by atoms with E-state index in [0.717, 1.165) is 13.0 Å². The lowest BCUT2D eigenvalue weighted by molar-refractivity contribution is 0.104. The summed E-state index contributed by atoms with van der Waals surface area (Å²) in [7, 11) is 1.60. The van der Waals surface area contributed by atoms with E-state index in [9.17, 15) is 5.11 Å². The Bertz CT molecular complexity index is 355. The summed E-state index contributed by atoms with van der Waals surface area (Å²) in [5, 5.41) is 13.0. The van der Waals surface area contributed by atoms with Crippen LogP contribution in [0, 0.1) is 5.92 Å². The highest BCUT2D eigenvalue weighted by atomic mass is 16.5. The molecule has 0 radical (unpaired) electrons. The first-order valence-corrected chi connectivity index (χ1v) is 6.78. The van der Waals surface area contributed by atoms with Gasteiger partial charge in [0.25, 0.3) is 0 Å². The van der Waals surface area contributed by atoms with Crippen molar-refractivity contribution in [2.75, 3.05) is 26.8 Å². The van der Waals surface area contributed by atoms with Crippen molar-refractivity contribution in [2.24, 2.45) is 5.92 Å². The molecule has 0 fully saturated rings. The Morgan fingerprint density at radius 1 is 1.21 bits per heavy atom. The summed E-state index contributed by atoms with van der Waals surface area (Å²) in [5.41, 5.74) is 0. The van der Waals surface area contributed by atoms with Gasteiger partial charge in [-0.05, 0) is 31.0 Å². The molecule has 0 spiro atoms. The van der Waals surface area contributed by atoms with E-state index in [0.29, 0.717) is 24.0 Å². The molecule has 1 aromatic rings. The summed E-state index contributed by atoms with van der Waals surface area (Å²) in [6.07, 6.45) is 0.595. The lowest BCUT2D eigenvalue weighted by Crippen LogP contribution is -2.32. The van der Waals surface area contributed by atoms with Gasteiger partial charge in [0.2, 0.25) is 0 Å². The number of para-hydroxylation sites is 2. The second-order valence-electron chi connectivity index (χ2n) is 5.00. The van der Waals surface area contributed by atoms with E-state index >= 15 is 0 Å². The molecule has 0 saturated carbocycles. The van der Waals surface area contributed by atoms with Gasteiger partial charge in [-0.15, -0.1) is 0 Å². The lowest BCUT2D eigenvalue weighted by Gasteiger charge is -2.15. The first kappa shape index (κ1) is 15.8. The van der Waals surface area contributed by atoms with Gasteiger partial charge in [-0.3, -0.25) is 0 Å². The van der Waals surface area contributed by atoms with Gasteiger partial charge in [-0.1, -0.05) is 26.0 Å². The van der Waals surface area contributed by atoms with Crippen molar-refractivity contribution in [3.63, 3.8) is 0 Å². The molecule has 0 aromatic heterocycles. The minimum Gasteiger partial charge on any atom is -0.493 e. The lowest BCUT2D eigenvalue weighted by atomic mass is 10.1. The van der Waals surface area contributed by atoms with E-state index in [1.807, 2.05) is 24.3 Å². The van der Waals surface area contributed by atoms with Crippen LogP contribution in [0.15, 0.2) is 24.3 Å². The van der Waals surface area contributed by atoms with Crippen LogP contribution in [0.3, 0.4) is 0 Å². The van der Waals surface area contributed by atoms with Gasteiger partial charge >= 0.3 is 0 Å². The largest absolute Gasteiger partial charge is 0.493 e.